The predicted molar refractivity (Wildman–Crippen MR) is 121 cm³/mol. The Morgan fingerprint density at radius 1 is 1.15 bits per heavy atom. The fourth-order valence-electron chi connectivity index (χ4n) is 4.76. The van der Waals surface area contributed by atoms with E-state index in [1.807, 2.05) is 30.5 Å². The summed E-state index contributed by atoms with van der Waals surface area (Å²) in [5, 5.41) is 3.68. The van der Waals surface area contributed by atoms with Crippen molar-refractivity contribution < 1.29 is 18.8 Å². The van der Waals surface area contributed by atoms with Gasteiger partial charge in [-0.25, -0.2) is 9.18 Å². The number of nitrogens with zero attached hydrogens (tertiary/aromatic N) is 2. The second kappa shape index (κ2) is 8.69. The number of hydrogen-bond acceptors (Lipinski definition) is 3. The highest BCUT2D eigenvalue weighted by Crippen LogP contribution is 2.30. The van der Waals surface area contributed by atoms with Gasteiger partial charge in [0.05, 0.1) is 0 Å². The molecular formula is C25H25FN4O3. The van der Waals surface area contributed by atoms with E-state index in [9.17, 15) is 18.8 Å². The molecule has 1 saturated heterocycles. The van der Waals surface area contributed by atoms with E-state index in [-0.39, 0.29) is 36.6 Å². The van der Waals surface area contributed by atoms with Crippen molar-refractivity contribution in [2.45, 2.75) is 38.3 Å². The van der Waals surface area contributed by atoms with Gasteiger partial charge < -0.3 is 15.2 Å². The molecule has 1 aromatic heterocycles. The smallest absolute Gasteiger partial charge is 0.327 e. The van der Waals surface area contributed by atoms with Crippen molar-refractivity contribution in [2.24, 2.45) is 0 Å². The van der Waals surface area contributed by atoms with Crippen molar-refractivity contribution in [2.75, 3.05) is 13.1 Å². The molecule has 0 bridgehead atoms. The molecular weight excluding hydrogens is 423 g/mol. The Hall–Kier alpha value is -3.68. The summed E-state index contributed by atoms with van der Waals surface area (Å²) >= 11 is 0. The standard InChI is InChI=1S/C25H25FN4O3/c26-19-7-8-21-20(13-19)17(14-28-21)9-10-27-23(31)6-3-11-29-24(32)22-12-16-4-1-2-5-18(16)15-30(22)25(29)33/h1-2,4-5,7-8,13-14,22,28H,3,6,9-12,15H2,(H,27,31)/t22-/m0/s1. The molecule has 33 heavy (non-hydrogen) atoms. The number of benzene rings is 2. The molecule has 5 rings (SSSR count). The SMILES string of the molecule is O=C(CCCN1C(=O)[C@@H]2Cc3ccccc3CN2C1=O)NCCc1c[nH]c2ccc(F)cc12. The molecule has 2 N–H and O–H groups in total. The fourth-order valence-corrected chi connectivity index (χ4v) is 4.76. The lowest BCUT2D eigenvalue weighted by atomic mass is 9.95. The zero-order valence-corrected chi connectivity index (χ0v) is 18.1. The van der Waals surface area contributed by atoms with Crippen molar-refractivity contribution in [3.05, 3.63) is 71.2 Å². The number of carbonyl (C=O) groups is 3. The van der Waals surface area contributed by atoms with Crippen molar-refractivity contribution >= 4 is 28.7 Å². The second-order valence-corrected chi connectivity index (χ2v) is 8.60. The summed E-state index contributed by atoms with van der Waals surface area (Å²) < 4.78 is 13.5. The Morgan fingerprint density at radius 3 is 2.82 bits per heavy atom. The summed E-state index contributed by atoms with van der Waals surface area (Å²) in [5.41, 5.74) is 3.99. The van der Waals surface area contributed by atoms with Gasteiger partial charge in [-0.3, -0.25) is 14.5 Å². The van der Waals surface area contributed by atoms with Crippen LogP contribution in [-0.4, -0.2) is 51.8 Å². The highest BCUT2D eigenvalue weighted by molar-refractivity contribution is 6.04. The maximum absolute atomic E-state index is 13.5. The number of aromatic nitrogens is 1. The highest BCUT2D eigenvalue weighted by Gasteiger charge is 2.46. The average Bonchev–Trinajstić information content (AvgIpc) is 3.31. The van der Waals surface area contributed by atoms with Gasteiger partial charge in [0.2, 0.25) is 5.91 Å². The predicted octanol–water partition coefficient (Wildman–Crippen LogP) is 3.14. The molecule has 3 aromatic rings. The fraction of sp³-hybridized carbons (Fsp3) is 0.320. The number of carbonyl (C=O) groups excluding carboxylic acids is 3. The highest BCUT2D eigenvalue weighted by atomic mass is 19.1. The Balaban J connectivity index is 1.09. The number of aromatic amines is 1. The molecule has 1 fully saturated rings. The van der Waals surface area contributed by atoms with Crippen LogP contribution in [0.4, 0.5) is 9.18 Å². The van der Waals surface area contributed by atoms with E-state index in [4.69, 9.17) is 0 Å². The summed E-state index contributed by atoms with van der Waals surface area (Å²) in [6.45, 7) is 1.11. The first-order chi connectivity index (χ1) is 16.0. The van der Waals surface area contributed by atoms with E-state index in [1.54, 1.807) is 11.0 Å². The number of amides is 4. The van der Waals surface area contributed by atoms with E-state index < -0.39 is 6.04 Å². The number of rotatable bonds is 7. The molecule has 0 radical (unpaired) electrons. The van der Waals surface area contributed by atoms with Gasteiger partial charge in [-0.1, -0.05) is 24.3 Å². The third-order valence-corrected chi connectivity index (χ3v) is 6.51. The van der Waals surface area contributed by atoms with Crippen LogP contribution < -0.4 is 5.32 Å². The quantitative estimate of drug-likeness (QED) is 0.545. The van der Waals surface area contributed by atoms with E-state index in [2.05, 4.69) is 10.3 Å². The molecule has 0 aliphatic carbocycles. The maximum atomic E-state index is 13.5. The van der Waals surface area contributed by atoms with Crippen LogP contribution in [0, 0.1) is 5.82 Å². The van der Waals surface area contributed by atoms with Crippen molar-refractivity contribution in [3.8, 4) is 0 Å². The summed E-state index contributed by atoms with van der Waals surface area (Å²) in [6, 6.07) is 11.8. The average molecular weight is 448 g/mol. The van der Waals surface area contributed by atoms with E-state index in [1.165, 1.54) is 17.0 Å². The largest absolute Gasteiger partial charge is 0.361 e. The van der Waals surface area contributed by atoms with Crippen LogP contribution in [0.1, 0.15) is 29.5 Å². The molecule has 2 aliphatic heterocycles. The Morgan fingerprint density at radius 2 is 1.97 bits per heavy atom. The number of imide groups is 1. The zero-order valence-electron chi connectivity index (χ0n) is 18.1. The summed E-state index contributed by atoms with van der Waals surface area (Å²) in [5.74, 6) is -0.606. The van der Waals surface area contributed by atoms with Gasteiger partial charge in [-0.05, 0) is 47.7 Å². The number of urea groups is 1. The monoisotopic (exact) mass is 448 g/mol. The normalized spacial score (nSPS) is 17.4. The number of H-pyrrole nitrogens is 1. The van der Waals surface area contributed by atoms with Gasteiger partial charge in [0.25, 0.3) is 5.91 Å². The van der Waals surface area contributed by atoms with Gasteiger partial charge >= 0.3 is 6.03 Å². The van der Waals surface area contributed by atoms with Crippen molar-refractivity contribution in [1.82, 2.24) is 20.1 Å². The van der Waals surface area contributed by atoms with Crippen LogP contribution in [0.15, 0.2) is 48.7 Å². The Kier molecular flexibility index (Phi) is 5.58. The van der Waals surface area contributed by atoms with E-state index in [0.717, 1.165) is 27.6 Å². The number of fused-ring (bicyclic) bond motifs is 3. The van der Waals surface area contributed by atoms with Crippen LogP contribution in [0.3, 0.4) is 0 Å². The number of halogens is 1. The van der Waals surface area contributed by atoms with E-state index >= 15 is 0 Å². The first-order valence-corrected chi connectivity index (χ1v) is 11.2. The summed E-state index contributed by atoms with van der Waals surface area (Å²) in [4.78, 5) is 43.8. The number of nitrogens with one attached hydrogen (secondary N) is 2. The van der Waals surface area contributed by atoms with Gasteiger partial charge in [0.1, 0.15) is 11.9 Å². The van der Waals surface area contributed by atoms with Crippen LogP contribution in [0.5, 0.6) is 0 Å². The molecule has 0 spiro atoms. The number of hydrogen-bond donors (Lipinski definition) is 2. The molecule has 170 valence electrons. The minimum Gasteiger partial charge on any atom is -0.361 e. The first kappa shape index (κ1) is 21.2. The molecule has 2 aromatic carbocycles. The molecule has 7 nitrogen and oxygen atoms in total. The van der Waals surface area contributed by atoms with Crippen molar-refractivity contribution in [1.29, 1.82) is 0 Å². The lowest BCUT2D eigenvalue weighted by molar-refractivity contribution is -0.129. The van der Waals surface area contributed by atoms with Gasteiger partial charge in [0.15, 0.2) is 0 Å². The lowest BCUT2D eigenvalue weighted by Crippen LogP contribution is -2.39. The first-order valence-electron chi connectivity index (χ1n) is 11.2. The van der Waals surface area contributed by atoms with Gasteiger partial charge in [-0.15, -0.1) is 0 Å². The minimum atomic E-state index is -0.442. The maximum Gasteiger partial charge on any atom is 0.327 e. The Labute approximate surface area is 190 Å². The molecule has 0 unspecified atom stereocenters. The van der Waals surface area contributed by atoms with Crippen LogP contribution >= 0.6 is 0 Å². The van der Waals surface area contributed by atoms with Crippen molar-refractivity contribution in [3.63, 3.8) is 0 Å². The second-order valence-electron chi connectivity index (χ2n) is 8.60. The zero-order chi connectivity index (χ0) is 22.9. The van der Waals surface area contributed by atoms with Gasteiger partial charge in [0, 0.05) is 49.6 Å². The molecule has 3 heterocycles. The summed E-state index contributed by atoms with van der Waals surface area (Å²) in [7, 11) is 0. The van der Waals surface area contributed by atoms with Crippen LogP contribution in [0.2, 0.25) is 0 Å². The summed E-state index contributed by atoms with van der Waals surface area (Å²) in [6.07, 6.45) is 3.58. The van der Waals surface area contributed by atoms with E-state index in [0.29, 0.717) is 32.4 Å². The third kappa shape index (κ3) is 4.08. The van der Waals surface area contributed by atoms with Gasteiger partial charge in [-0.2, -0.15) is 0 Å². The molecule has 0 saturated carbocycles. The van der Waals surface area contributed by atoms with Crippen LogP contribution in [0.25, 0.3) is 10.9 Å². The topological polar surface area (TPSA) is 85.5 Å². The molecule has 4 amide bonds. The lowest BCUT2D eigenvalue weighted by Gasteiger charge is -2.28. The van der Waals surface area contributed by atoms with Crippen LogP contribution in [-0.2, 0) is 29.0 Å². The molecule has 2 aliphatic rings. The minimum absolute atomic E-state index is 0.134. The molecule has 8 heteroatoms. The Bertz CT molecular complexity index is 1190. The molecule has 1 atom stereocenters. The third-order valence-electron chi connectivity index (χ3n) is 6.51.